The average molecular weight is 122 g/mol. The van der Waals surface area contributed by atoms with E-state index in [1.54, 1.807) is 12.4 Å². The normalized spacial score (nSPS) is 7.62. The Morgan fingerprint density at radius 1 is 1.38 bits per heavy atom. The van der Waals surface area contributed by atoms with Gasteiger partial charge < -0.3 is 0 Å². The van der Waals surface area contributed by atoms with E-state index in [1.165, 1.54) is 6.20 Å². The van der Waals surface area contributed by atoms with Gasteiger partial charge in [-0.3, -0.25) is 4.98 Å². The second-order valence-corrected chi connectivity index (χ2v) is 1.42. The topological polar surface area (TPSA) is 25.8 Å². The number of halogens is 1. The predicted octanol–water partition coefficient (Wildman–Crippen LogP) is 0.481. The van der Waals surface area contributed by atoms with Gasteiger partial charge in [-0.2, -0.15) is 0 Å². The molecule has 0 atom stereocenters. The molecule has 8 heavy (non-hydrogen) atoms. The van der Waals surface area contributed by atoms with Crippen molar-refractivity contribution >= 4 is 30.5 Å². The Hall–Kier alpha value is -0.0326. The van der Waals surface area contributed by atoms with Crippen LogP contribution in [0.25, 0.3) is 0 Å². The average Bonchev–Trinajstić information content (AvgIpc) is 1.69. The van der Waals surface area contributed by atoms with E-state index in [0.29, 0.717) is 5.15 Å². The summed E-state index contributed by atoms with van der Waals surface area (Å²) in [5, 5.41) is 0.433. The van der Waals surface area contributed by atoms with E-state index in [9.17, 15) is 0 Å². The van der Waals surface area contributed by atoms with Crippen molar-refractivity contribution in [3.8, 4) is 0 Å². The molecular weight excluding hydrogens is 118 g/mol. The first kappa shape index (κ1) is 7.97. The van der Waals surface area contributed by atoms with E-state index in [4.69, 9.17) is 11.6 Å². The molecule has 1 aromatic rings. The van der Waals surface area contributed by atoms with Crippen molar-refractivity contribution in [1.29, 1.82) is 0 Å². The first-order chi connectivity index (χ1) is 3.39. The quantitative estimate of drug-likeness (QED) is 0.468. The van der Waals surface area contributed by atoms with Crippen LogP contribution in [0.1, 0.15) is 0 Å². The molecule has 1 aromatic heterocycles. The van der Waals surface area contributed by atoms with Gasteiger partial charge in [0, 0.05) is 12.4 Å². The third-order valence-corrected chi connectivity index (χ3v) is 0.727. The second-order valence-electron chi connectivity index (χ2n) is 1.03. The predicted molar refractivity (Wildman–Crippen MR) is 34.2 cm³/mol. The molecule has 1 heterocycles. The maximum absolute atomic E-state index is 5.37. The van der Waals surface area contributed by atoms with Crippen LogP contribution in [0.2, 0.25) is 5.15 Å². The molecule has 0 saturated heterocycles. The summed E-state index contributed by atoms with van der Waals surface area (Å²) in [7, 11) is 0. The van der Waals surface area contributed by atoms with Crippen molar-refractivity contribution in [2.75, 3.05) is 0 Å². The number of hydrogen-bond donors (Lipinski definition) is 0. The molecule has 0 N–H and O–H groups in total. The molecule has 0 fully saturated rings. The first-order valence-electron chi connectivity index (χ1n) is 1.81. The summed E-state index contributed by atoms with van der Waals surface area (Å²) >= 11 is 5.37. The van der Waals surface area contributed by atoms with Gasteiger partial charge in [-0.1, -0.05) is 11.6 Å². The Balaban J connectivity index is 0.000000490. The Labute approximate surface area is 64.5 Å². The molecule has 38 valence electrons. The fourth-order valence-electron chi connectivity index (χ4n) is 0.281. The minimum absolute atomic E-state index is 0. The van der Waals surface area contributed by atoms with Gasteiger partial charge in [-0.05, 0) is 0 Å². The summed E-state index contributed by atoms with van der Waals surface area (Å²) in [5.41, 5.74) is 0. The molecule has 0 saturated carbocycles. The molecule has 1 rings (SSSR count). The monoisotopic (exact) mass is 122 g/mol. The van der Waals surface area contributed by atoms with E-state index in [1.807, 2.05) is 0 Å². The fourth-order valence-corrected chi connectivity index (χ4v) is 0.394. The Morgan fingerprint density at radius 3 is 2.38 bits per heavy atom. The van der Waals surface area contributed by atoms with Crippen LogP contribution in [0.5, 0.6) is 0 Å². The summed E-state index contributed by atoms with van der Waals surface area (Å²) in [6.45, 7) is 0. The third kappa shape index (κ3) is 2.32. The van der Waals surface area contributed by atoms with Gasteiger partial charge in [-0.15, -0.1) is 0 Å². The van der Waals surface area contributed by atoms with Crippen LogP contribution in [0, 0.1) is 0 Å². The van der Waals surface area contributed by atoms with Crippen molar-refractivity contribution in [2.45, 2.75) is 0 Å². The molecular formula is C4H4ClLiN2. The summed E-state index contributed by atoms with van der Waals surface area (Å²) in [6, 6.07) is 0. The number of nitrogens with zero attached hydrogens (tertiary/aromatic N) is 2. The van der Waals surface area contributed by atoms with E-state index in [2.05, 4.69) is 9.97 Å². The summed E-state index contributed by atoms with van der Waals surface area (Å²) < 4.78 is 0. The Kier molecular flexibility index (Phi) is 3.89. The van der Waals surface area contributed by atoms with Gasteiger partial charge in [0.1, 0.15) is 5.15 Å². The van der Waals surface area contributed by atoms with E-state index >= 15 is 0 Å². The maximum atomic E-state index is 5.37. The van der Waals surface area contributed by atoms with Gasteiger partial charge >= 0.3 is 18.9 Å². The van der Waals surface area contributed by atoms with Gasteiger partial charge in [0.2, 0.25) is 0 Å². The molecule has 2 nitrogen and oxygen atoms in total. The Bertz CT molecular complexity index is 144. The van der Waals surface area contributed by atoms with Crippen LogP contribution >= 0.6 is 11.6 Å². The first-order valence-corrected chi connectivity index (χ1v) is 2.19. The zero-order chi connectivity index (χ0) is 5.11. The van der Waals surface area contributed by atoms with Crippen LogP contribution in [0.3, 0.4) is 0 Å². The molecule has 0 aliphatic carbocycles. The summed E-state index contributed by atoms with van der Waals surface area (Å²) in [5.74, 6) is 0. The van der Waals surface area contributed by atoms with Crippen molar-refractivity contribution in [1.82, 2.24) is 9.97 Å². The Morgan fingerprint density at radius 2 is 2.12 bits per heavy atom. The summed E-state index contributed by atoms with van der Waals surface area (Å²) in [4.78, 5) is 7.37. The zero-order valence-electron chi connectivity index (χ0n) is 3.50. The van der Waals surface area contributed by atoms with Gasteiger partial charge in [-0.25, -0.2) is 4.98 Å². The number of rotatable bonds is 0. The third-order valence-electron chi connectivity index (χ3n) is 0.532. The van der Waals surface area contributed by atoms with Crippen LogP contribution in [-0.4, -0.2) is 28.8 Å². The molecule has 0 bridgehead atoms. The van der Waals surface area contributed by atoms with Crippen LogP contribution in [-0.2, 0) is 0 Å². The molecule has 0 spiro atoms. The molecule has 0 amide bonds. The van der Waals surface area contributed by atoms with Crippen molar-refractivity contribution in [3.05, 3.63) is 23.7 Å². The minimum atomic E-state index is 0. The number of aromatic nitrogens is 2. The van der Waals surface area contributed by atoms with Crippen LogP contribution in [0.4, 0.5) is 0 Å². The molecule has 0 aromatic carbocycles. The van der Waals surface area contributed by atoms with Gasteiger partial charge in [0.25, 0.3) is 0 Å². The molecule has 0 radical (unpaired) electrons. The van der Waals surface area contributed by atoms with E-state index < -0.39 is 0 Å². The van der Waals surface area contributed by atoms with Crippen LogP contribution < -0.4 is 0 Å². The SMILES string of the molecule is Clc1cnccn1.[LiH]. The van der Waals surface area contributed by atoms with Crippen molar-refractivity contribution < 1.29 is 0 Å². The standard InChI is InChI=1S/C4H3ClN2.Li.H/c5-4-3-6-1-2-7-4;;/h1-3H;;. The van der Waals surface area contributed by atoms with E-state index in [0.717, 1.165) is 0 Å². The fraction of sp³-hybridized carbons (Fsp3) is 0. The van der Waals surface area contributed by atoms with Gasteiger partial charge in [0.05, 0.1) is 6.20 Å². The van der Waals surface area contributed by atoms with Crippen LogP contribution in [0.15, 0.2) is 18.6 Å². The molecule has 0 aliphatic rings. The van der Waals surface area contributed by atoms with Crippen molar-refractivity contribution in [3.63, 3.8) is 0 Å². The zero-order valence-corrected chi connectivity index (χ0v) is 4.26. The number of hydrogen-bond acceptors (Lipinski definition) is 2. The molecule has 4 heteroatoms. The van der Waals surface area contributed by atoms with Crippen molar-refractivity contribution in [2.24, 2.45) is 0 Å². The van der Waals surface area contributed by atoms with E-state index in [-0.39, 0.29) is 18.9 Å². The summed E-state index contributed by atoms with van der Waals surface area (Å²) in [6.07, 6.45) is 4.61. The molecule has 0 unspecified atom stereocenters. The molecule has 0 aliphatic heterocycles. The second kappa shape index (κ2) is 3.91. The van der Waals surface area contributed by atoms with Gasteiger partial charge in [0.15, 0.2) is 0 Å².